The smallest absolute Gasteiger partial charge is 0.275 e. The van der Waals surface area contributed by atoms with Gasteiger partial charge in [-0.15, -0.1) is 0 Å². The molecule has 0 radical (unpaired) electrons. The van der Waals surface area contributed by atoms with Gasteiger partial charge in [0, 0.05) is 17.1 Å². The minimum Gasteiger partial charge on any atom is -0.495 e. The highest BCUT2D eigenvalue weighted by molar-refractivity contribution is 6.31. The molecule has 0 atom stereocenters. The molecule has 0 aliphatic carbocycles. The van der Waals surface area contributed by atoms with Gasteiger partial charge in [0.1, 0.15) is 23.1 Å². The van der Waals surface area contributed by atoms with Crippen molar-refractivity contribution in [2.45, 2.75) is 6.54 Å². The second-order valence-corrected chi connectivity index (χ2v) is 5.97. The van der Waals surface area contributed by atoms with Gasteiger partial charge in [0.2, 0.25) is 0 Å². The van der Waals surface area contributed by atoms with Crippen LogP contribution in [0.5, 0.6) is 5.75 Å². The summed E-state index contributed by atoms with van der Waals surface area (Å²) in [5, 5.41) is 6.11. The lowest BCUT2D eigenvalue weighted by atomic mass is 10.2. The molecule has 0 spiro atoms. The molecule has 8 heteroatoms. The van der Waals surface area contributed by atoms with Gasteiger partial charge >= 0.3 is 0 Å². The molecule has 2 aromatic carbocycles. The van der Waals surface area contributed by atoms with Crippen LogP contribution in [-0.2, 0) is 6.54 Å². The molecule has 6 nitrogen and oxygen atoms in total. The summed E-state index contributed by atoms with van der Waals surface area (Å²) in [4.78, 5) is 20.6. The molecule has 27 heavy (non-hydrogen) atoms. The van der Waals surface area contributed by atoms with Gasteiger partial charge in [0.25, 0.3) is 5.91 Å². The van der Waals surface area contributed by atoms with Crippen LogP contribution in [0.2, 0.25) is 5.02 Å². The van der Waals surface area contributed by atoms with Crippen molar-refractivity contribution in [1.29, 1.82) is 0 Å². The SMILES string of the molecule is COc1ccc(Cl)cc1NC(=O)c1cnc(NCc2ccccc2F)cn1. The zero-order chi connectivity index (χ0) is 19.2. The van der Waals surface area contributed by atoms with E-state index in [0.717, 1.165) is 0 Å². The van der Waals surface area contributed by atoms with Crippen molar-refractivity contribution < 1.29 is 13.9 Å². The number of methoxy groups -OCH3 is 1. The first kappa shape index (κ1) is 18.6. The number of nitrogens with zero attached hydrogens (tertiary/aromatic N) is 2. The summed E-state index contributed by atoms with van der Waals surface area (Å²) in [6.45, 7) is 0.257. The highest BCUT2D eigenvalue weighted by Crippen LogP contribution is 2.27. The van der Waals surface area contributed by atoms with Crippen molar-refractivity contribution in [2.24, 2.45) is 0 Å². The van der Waals surface area contributed by atoms with Crippen molar-refractivity contribution in [3.63, 3.8) is 0 Å². The fraction of sp³-hybridized carbons (Fsp3) is 0.105. The standard InChI is InChI=1S/C19H16ClFN4O2/c1-27-17-7-6-13(20)8-15(17)25-19(26)16-10-24-18(11-22-16)23-9-12-4-2-3-5-14(12)21/h2-8,10-11H,9H2,1H3,(H,23,24)(H,25,26). The van der Waals surface area contributed by atoms with Crippen LogP contribution >= 0.6 is 11.6 Å². The van der Waals surface area contributed by atoms with Gasteiger partial charge in [-0.1, -0.05) is 29.8 Å². The van der Waals surface area contributed by atoms with Gasteiger partial charge in [0.05, 0.1) is 25.2 Å². The van der Waals surface area contributed by atoms with Crippen LogP contribution in [0.3, 0.4) is 0 Å². The number of aromatic nitrogens is 2. The molecule has 0 fully saturated rings. The Balaban J connectivity index is 1.65. The molecule has 0 aliphatic rings. The fourth-order valence-electron chi connectivity index (χ4n) is 2.33. The van der Waals surface area contributed by atoms with Crippen LogP contribution < -0.4 is 15.4 Å². The van der Waals surface area contributed by atoms with Gasteiger partial charge in [-0.3, -0.25) is 4.79 Å². The van der Waals surface area contributed by atoms with Gasteiger partial charge in [-0.2, -0.15) is 0 Å². The van der Waals surface area contributed by atoms with Crippen LogP contribution in [0, 0.1) is 5.82 Å². The van der Waals surface area contributed by atoms with Gasteiger partial charge in [0.15, 0.2) is 0 Å². The third-order valence-corrected chi connectivity index (χ3v) is 3.95. The van der Waals surface area contributed by atoms with E-state index in [4.69, 9.17) is 16.3 Å². The van der Waals surface area contributed by atoms with Crippen LogP contribution in [0.1, 0.15) is 16.1 Å². The van der Waals surface area contributed by atoms with Gasteiger partial charge in [-0.05, 0) is 24.3 Å². The van der Waals surface area contributed by atoms with E-state index in [-0.39, 0.29) is 18.1 Å². The average molecular weight is 387 g/mol. The van der Waals surface area contributed by atoms with E-state index in [1.54, 1.807) is 36.4 Å². The normalized spacial score (nSPS) is 10.3. The Morgan fingerprint density at radius 3 is 2.70 bits per heavy atom. The number of rotatable bonds is 6. The van der Waals surface area contributed by atoms with Crippen LogP contribution in [0.4, 0.5) is 15.9 Å². The molecule has 3 rings (SSSR count). The monoisotopic (exact) mass is 386 g/mol. The predicted molar refractivity (Wildman–Crippen MR) is 102 cm³/mol. The van der Waals surface area contributed by atoms with Crippen molar-refractivity contribution in [3.05, 3.63) is 77.0 Å². The van der Waals surface area contributed by atoms with E-state index in [1.807, 2.05) is 0 Å². The molecule has 138 valence electrons. The number of amides is 1. The quantitative estimate of drug-likeness (QED) is 0.665. The van der Waals surface area contributed by atoms with Crippen molar-refractivity contribution >= 4 is 29.0 Å². The van der Waals surface area contributed by atoms with E-state index in [0.29, 0.717) is 27.8 Å². The summed E-state index contributed by atoms with van der Waals surface area (Å²) in [5.74, 6) is 0.146. The molecule has 0 saturated carbocycles. The number of hydrogen-bond donors (Lipinski definition) is 2. The highest BCUT2D eigenvalue weighted by atomic mass is 35.5. The zero-order valence-electron chi connectivity index (χ0n) is 14.4. The number of carbonyl (C=O) groups is 1. The average Bonchev–Trinajstić information content (AvgIpc) is 2.68. The molecule has 1 amide bonds. The van der Waals surface area contributed by atoms with Gasteiger partial charge < -0.3 is 15.4 Å². The van der Waals surface area contributed by atoms with E-state index < -0.39 is 5.91 Å². The summed E-state index contributed by atoms with van der Waals surface area (Å²) in [6.07, 6.45) is 2.74. The lowest BCUT2D eigenvalue weighted by molar-refractivity contribution is 0.102. The Morgan fingerprint density at radius 2 is 2.00 bits per heavy atom. The summed E-state index contributed by atoms with van der Waals surface area (Å²) in [5.41, 5.74) is 1.06. The Bertz CT molecular complexity index is 951. The largest absolute Gasteiger partial charge is 0.495 e. The topological polar surface area (TPSA) is 76.1 Å². The fourth-order valence-corrected chi connectivity index (χ4v) is 2.50. The molecule has 2 N–H and O–H groups in total. The number of benzene rings is 2. The summed E-state index contributed by atoms with van der Waals surface area (Å²) in [7, 11) is 1.49. The predicted octanol–water partition coefficient (Wildman–Crippen LogP) is 4.14. The third kappa shape index (κ3) is 4.71. The minimum absolute atomic E-state index is 0.119. The van der Waals surface area contributed by atoms with Crippen molar-refractivity contribution in [1.82, 2.24) is 9.97 Å². The van der Waals surface area contributed by atoms with E-state index >= 15 is 0 Å². The number of nitrogens with one attached hydrogen (secondary N) is 2. The second kappa shape index (κ2) is 8.46. The second-order valence-electron chi connectivity index (χ2n) is 5.53. The maximum atomic E-state index is 13.6. The molecule has 1 aromatic heterocycles. The number of carbonyl (C=O) groups excluding carboxylic acids is 1. The first-order valence-corrected chi connectivity index (χ1v) is 8.39. The maximum Gasteiger partial charge on any atom is 0.275 e. The Labute approximate surface area is 160 Å². The molecule has 0 bridgehead atoms. The lowest BCUT2D eigenvalue weighted by Crippen LogP contribution is -2.15. The lowest BCUT2D eigenvalue weighted by Gasteiger charge is -2.10. The first-order valence-electron chi connectivity index (χ1n) is 8.01. The maximum absolute atomic E-state index is 13.6. The molecule has 1 heterocycles. The number of ether oxygens (including phenoxy) is 1. The third-order valence-electron chi connectivity index (χ3n) is 3.71. The number of halogens is 2. The molecule has 0 saturated heterocycles. The van der Waals surface area contributed by atoms with E-state index in [9.17, 15) is 9.18 Å². The summed E-state index contributed by atoms with van der Waals surface area (Å²) in [6, 6.07) is 11.3. The van der Waals surface area contributed by atoms with Gasteiger partial charge in [-0.25, -0.2) is 14.4 Å². The van der Waals surface area contributed by atoms with E-state index in [2.05, 4.69) is 20.6 Å². The zero-order valence-corrected chi connectivity index (χ0v) is 15.1. The molecule has 0 unspecified atom stereocenters. The molecular formula is C19H16ClFN4O2. The molecule has 3 aromatic rings. The summed E-state index contributed by atoms with van der Waals surface area (Å²) < 4.78 is 18.8. The summed E-state index contributed by atoms with van der Waals surface area (Å²) >= 11 is 5.95. The Morgan fingerprint density at radius 1 is 1.19 bits per heavy atom. The number of anilines is 2. The van der Waals surface area contributed by atoms with Crippen LogP contribution in [0.15, 0.2) is 54.9 Å². The van der Waals surface area contributed by atoms with Crippen LogP contribution in [0.25, 0.3) is 0 Å². The van der Waals surface area contributed by atoms with Crippen molar-refractivity contribution in [2.75, 3.05) is 17.7 Å². The first-order chi connectivity index (χ1) is 13.1. The van der Waals surface area contributed by atoms with Crippen LogP contribution in [-0.4, -0.2) is 23.0 Å². The van der Waals surface area contributed by atoms with Crippen molar-refractivity contribution in [3.8, 4) is 5.75 Å². The molecule has 0 aliphatic heterocycles. The number of hydrogen-bond acceptors (Lipinski definition) is 5. The minimum atomic E-state index is -0.455. The molecular weight excluding hydrogens is 371 g/mol. The van der Waals surface area contributed by atoms with E-state index in [1.165, 1.54) is 25.6 Å². The Kier molecular flexibility index (Phi) is 5.83. The highest BCUT2D eigenvalue weighted by Gasteiger charge is 2.12. The Hall–Kier alpha value is -3.19.